The molecular weight excluding hydrogens is 268 g/mol. The SMILES string of the molecule is Cc1c(C(=O)N2CCOCC2)nnn1Cc1ccccc1. The Morgan fingerprint density at radius 2 is 1.95 bits per heavy atom. The smallest absolute Gasteiger partial charge is 0.276 e. The summed E-state index contributed by atoms with van der Waals surface area (Å²) in [6, 6.07) is 10.0. The normalized spacial score (nSPS) is 15.2. The molecule has 0 N–H and O–H groups in total. The summed E-state index contributed by atoms with van der Waals surface area (Å²) < 4.78 is 7.03. The van der Waals surface area contributed by atoms with Gasteiger partial charge in [-0.1, -0.05) is 35.5 Å². The van der Waals surface area contributed by atoms with Crippen molar-refractivity contribution in [1.29, 1.82) is 0 Å². The summed E-state index contributed by atoms with van der Waals surface area (Å²) in [6.45, 7) is 4.91. The molecule has 6 heteroatoms. The minimum Gasteiger partial charge on any atom is -0.378 e. The highest BCUT2D eigenvalue weighted by Crippen LogP contribution is 2.11. The van der Waals surface area contributed by atoms with Crippen LogP contribution in [0.15, 0.2) is 30.3 Å². The zero-order valence-corrected chi connectivity index (χ0v) is 12.0. The van der Waals surface area contributed by atoms with Crippen LogP contribution < -0.4 is 0 Å². The predicted octanol–water partition coefficient (Wildman–Crippen LogP) is 1.11. The number of benzene rings is 1. The van der Waals surface area contributed by atoms with E-state index in [0.717, 1.165) is 11.3 Å². The van der Waals surface area contributed by atoms with Gasteiger partial charge in [0.1, 0.15) is 0 Å². The zero-order valence-electron chi connectivity index (χ0n) is 12.0. The number of aromatic nitrogens is 3. The molecule has 0 bridgehead atoms. The molecule has 21 heavy (non-hydrogen) atoms. The molecule has 1 aliphatic heterocycles. The first-order valence-electron chi connectivity index (χ1n) is 7.07. The molecule has 2 heterocycles. The first-order valence-corrected chi connectivity index (χ1v) is 7.07. The predicted molar refractivity (Wildman–Crippen MR) is 77.0 cm³/mol. The van der Waals surface area contributed by atoms with Gasteiger partial charge in [-0.3, -0.25) is 4.79 Å². The Morgan fingerprint density at radius 3 is 2.67 bits per heavy atom. The molecule has 0 aliphatic carbocycles. The maximum absolute atomic E-state index is 12.4. The van der Waals surface area contributed by atoms with Gasteiger partial charge in [-0.05, 0) is 12.5 Å². The summed E-state index contributed by atoms with van der Waals surface area (Å²) in [5.74, 6) is -0.0601. The van der Waals surface area contributed by atoms with Crippen LogP contribution in [0.3, 0.4) is 0 Å². The number of carbonyl (C=O) groups excluding carboxylic acids is 1. The number of rotatable bonds is 3. The molecule has 1 saturated heterocycles. The highest BCUT2D eigenvalue weighted by Gasteiger charge is 2.24. The molecule has 0 unspecified atom stereocenters. The summed E-state index contributed by atoms with van der Waals surface area (Å²) in [6.07, 6.45) is 0. The number of amides is 1. The fourth-order valence-corrected chi connectivity index (χ4v) is 2.38. The van der Waals surface area contributed by atoms with E-state index in [9.17, 15) is 4.79 Å². The van der Waals surface area contributed by atoms with E-state index >= 15 is 0 Å². The number of hydrogen-bond donors (Lipinski definition) is 0. The average Bonchev–Trinajstić information content (AvgIpc) is 2.89. The van der Waals surface area contributed by atoms with Crippen LogP contribution in [0.4, 0.5) is 0 Å². The van der Waals surface area contributed by atoms with Gasteiger partial charge in [-0.25, -0.2) is 4.68 Å². The molecule has 0 atom stereocenters. The second-order valence-corrected chi connectivity index (χ2v) is 5.07. The molecule has 1 aliphatic rings. The third-order valence-corrected chi connectivity index (χ3v) is 3.66. The van der Waals surface area contributed by atoms with Crippen molar-refractivity contribution in [3.63, 3.8) is 0 Å². The van der Waals surface area contributed by atoms with E-state index in [1.807, 2.05) is 37.3 Å². The Balaban J connectivity index is 1.77. The van der Waals surface area contributed by atoms with Crippen molar-refractivity contribution in [2.45, 2.75) is 13.5 Å². The van der Waals surface area contributed by atoms with Crippen LogP contribution in [0, 0.1) is 6.92 Å². The van der Waals surface area contributed by atoms with Crippen molar-refractivity contribution < 1.29 is 9.53 Å². The third-order valence-electron chi connectivity index (χ3n) is 3.66. The summed E-state index contributed by atoms with van der Waals surface area (Å²) in [7, 11) is 0. The van der Waals surface area contributed by atoms with Crippen molar-refractivity contribution in [2.24, 2.45) is 0 Å². The minimum atomic E-state index is -0.0601. The van der Waals surface area contributed by atoms with Gasteiger partial charge in [0.05, 0.1) is 25.5 Å². The van der Waals surface area contributed by atoms with E-state index in [4.69, 9.17) is 4.74 Å². The molecule has 6 nitrogen and oxygen atoms in total. The number of carbonyl (C=O) groups is 1. The second-order valence-electron chi connectivity index (χ2n) is 5.07. The third kappa shape index (κ3) is 2.95. The molecule has 2 aromatic rings. The van der Waals surface area contributed by atoms with Crippen molar-refractivity contribution in [3.05, 3.63) is 47.3 Å². The molecule has 0 spiro atoms. The van der Waals surface area contributed by atoms with E-state index in [-0.39, 0.29) is 5.91 Å². The number of morpholine rings is 1. The molecule has 0 radical (unpaired) electrons. The highest BCUT2D eigenvalue weighted by atomic mass is 16.5. The van der Waals surface area contributed by atoms with Gasteiger partial charge in [-0.2, -0.15) is 0 Å². The fraction of sp³-hybridized carbons (Fsp3) is 0.400. The lowest BCUT2D eigenvalue weighted by Gasteiger charge is -2.26. The summed E-state index contributed by atoms with van der Waals surface area (Å²) in [5, 5.41) is 8.18. The maximum atomic E-state index is 12.4. The number of hydrogen-bond acceptors (Lipinski definition) is 4. The number of ether oxygens (including phenoxy) is 1. The van der Waals surface area contributed by atoms with Crippen LogP contribution in [0.1, 0.15) is 21.7 Å². The van der Waals surface area contributed by atoms with E-state index in [2.05, 4.69) is 10.3 Å². The largest absolute Gasteiger partial charge is 0.378 e. The first kappa shape index (κ1) is 13.8. The van der Waals surface area contributed by atoms with Crippen LogP contribution >= 0.6 is 0 Å². The molecule has 3 rings (SSSR count). The second kappa shape index (κ2) is 6.05. The van der Waals surface area contributed by atoms with E-state index in [0.29, 0.717) is 38.5 Å². The Bertz CT molecular complexity index is 618. The molecule has 0 saturated carbocycles. The molecule has 1 amide bonds. The maximum Gasteiger partial charge on any atom is 0.276 e. The lowest BCUT2D eigenvalue weighted by Crippen LogP contribution is -2.41. The number of nitrogens with zero attached hydrogens (tertiary/aromatic N) is 4. The van der Waals surface area contributed by atoms with Crippen molar-refractivity contribution >= 4 is 5.91 Å². The van der Waals surface area contributed by atoms with E-state index in [1.54, 1.807) is 9.58 Å². The van der Waals surface area contributed by atoms with Gasteiger partial charge < -0.3 is 9.64 Å². The van der Waals surface area contributed by atoms with Gasteiger partial charge in [0.25, 0.3) is 5.91 Å². The van der Waals surface area contributed by atoms with Crippen LogP contribution in [0.25, 0.3) is 0 Å². The van der Waals surface area contributed by atoms with Gasteiger partial charge in [0, 0.05) is 13.1 Å². The Hall–Kier alpha value is -2.21. The van der Waals surface area contributed by atoms with E-state index in [1.165, 1.54) is 0 Å². The molecule has 1 fully saturated rings. The minimum absolute atomic E-state index is 0.0601. The Labute approximate surface area is 123 Å². The molecule has 110 valence electrons. The lowest BCUT2D eigenvalue weighted by atomic mass is 10.2. The Kier molecular flexibility index (Phi) is 3.96. The molecule has 1 aromatic carbocycles. The van der Waals surface area contributed by atoms with Gasteiger partial charge in [0.15, 0.2) is 5.69 Å². The Morgan fingerprint density at radius 1 is 1.24 bits per heavy atom. The van der Waals surface area contributed by atoms with Crippen LogP contribution in [0.2, 0.25) is 0 Å². The van der Waals surface area contributed by atoms with Crippen molar-refractivity contribution in [3.8, 4) is 0 Å². The van der Waals surface area contributed by atoms with Crippen molar-refractivity contribution in [1.82, 2.24) is 19.9 Å². The summed E-state index contributed by atoms with van der Waals surface area (Å²) >= 11 is 0. The highest BCUT2D eigenvalue weighted by molar-refractivity contribution is 5.93. The average molecular weight is 286 g/mol. The lowest BCUT2D eigenvalue weighted by molar-refractivity contribution is 0.0298. The molecular formula is C15H18N4O2. The van der Waals surface area contributed by atoms with Crippen LogP contribution in [-0.4, -0.2) is 52.1 Å². The monoisotopic (exact) mass is 286 g/mol. The quantitative estimate of drug-likeness (QED) is 0.848. The molecule has 1 aromatic heterocycles. The van der Waals surface area contributed by atoms with Gasteiger partial charge in [-0.15, -0.1) is 5.10 Å². The van der Waals surface area contributed by atoms with Crippen LogP contribution in [-0.2, 0) is 11.3 Å². The van der Waals surface area contributed by atoms with Gasteiger partial charge >= 0.3 is 0 Å². The van der Waals surface area contributed by atoms with Gasteiger partial charge in [0.2, 0.25) is 0 Å². The van der Waals surface area contributed by atoms with Crippen molar-refractivity contribution in [2.75, 3.05) is 26.3 Å². The van der Waals surface area contributed by atoms with Crippen LogP contribution in [0.5, 0.6) is 0 Å². The topological polar surface area (TPSA) is 60.3 Å². The fourth-order valence-electron chi connectivity index (χ4n) is 2.38. The summed E-state index contributed by atoms with van der Waals surface area (Å²) in [5.41, 5.74) is 2.37. The first-order chi connectivity index (χ1) is 10.3. The summed E-state index contributed by atoms with van der Waals surface area (Å²) in [4.78, 5) is 14.2. The zero-order chi connectivity index (χ0) is 14.7. The standard InChI is InChI=1S/C15H18N4O2/c1-12-14(15(20)18-7-9-21-10-8-18)16-17-19(12)11-13-5-3-2-4-6-13/h2-6H,7-11H2,1H3. The van der Waals surface area contributed by atoms with E-state index < -0.39 is 0 Å².